The molecular formula is C34H49N5O8. The van der Waals surface area contributed by atoms with Gasteiger partial charge in [0, 0.05) is 31.0 Å². The van der Waals surface area contributed by atoms with Gasteiger partial charge in [-0.2, -0.15) is 4.73 Å². The van der Waals surface area contributed by atoms with E-state index in [4.69, 9.17) is 4.84 Å². The molecule has 7 atom stereocenters. The van der Waals surface area contributed by atoms with Crippen LogP contribution in [0.1, 0.15) is 77.7 Å². The molecule has 0 saturated carbocycles. The van der Waals surface area contributed by atoms with Crippen LogP contribution in [0, 0.1) is 5.92 Å². The van der Waals surface area contributed by atoms with Crippen molar-refractivity contribution in [3.63, 3.8) is 0 Å². The predicted molar refractivity (Wildman–Crippen MR) is 174 cm³/mol. The summed E-state index contributed by atoms with van der Waals surface area (Å²) in [5.74, 6) is -2.74. The number of Topliss-reactive ketones (excluding diaryl/α,β-unsaturated/α-hetero) is 1. The molecule has 4 rings (SSSR count). The van der Waals surface area contributed by atoms with Crippen LogP contribution in [0.25, 0.3) is 10.9 Å². The molecule has 3 heterocycles. The second-order valence-electron chi connectivity index (χ2n) is 12.7. The zero-order valence-corrected chi connectivity index (χ0v) is 27.7. The summed E-state index contributed by atoms with van der Waals surface area (Å²) < 4.78 is 1.58. The summed E-state index contributed by atoms with van der Waals surface area (Å²) in [5.41, 5.74) is 1.51. The number of aliphatic hydroxyl groups excluding tert-OH is 2. The van der Waals surface area contributed by atoms with Crippen LogP contribution in [0.5, 0.6) is 0 Å². The lowest BCUT2D eigenvalue weighted by molar-refractivity contribution is -0.147. The van der Waals surface area contributed by atoms with Gasteiger partial charge in [0.05, 0.1) is 11.6 Å². The number of para-hydroxylation sites is 1. The number of carbonyl (C=O) groups is 5. The molecule has 4 unspecified atom stereocenters. The minimum absolute atomic E-state index is 0.0335. The zero-order chi connectivity index (χ0) is 34.2. The fraction of sp³-hybridized carbons (Fsp3) is 0.618. The normalized spacial score (nSPS) is 24.6. The highest BCUT2D eigenvalue weighted by molar-refractivity contribution is 5.98. The van der Waals surface area contributed by atoms with E-state index in [-0.39, 0.29) is 43.9 Å². The Morgan fingerprint density at radius 1 is 0.979 bits per heavy atom. The summed E-state index contributed by atoms with van der Waals surface area (Å²) in [7, 11) is 1.52. The number of amides is 4. The first kappa shape index (κ1) is 35.9. The Morgan fingerprint density at radius 3 is 2.38 bits per heavy atom. The van der Waals surface area contributed by atoms with Crippen molar-refractivity contribution in [2.24, 2.45) is 5.92 Å². The average molecular weight is 656 g/mol. The van der Waals surface area contributed by atoms with Gasteiger partial charge < -0.3 is 35.9 Å². The molecule has 1 aromatic heterocycles. The van der Waals surface area contributed by atoms with Gasteiger partial charge in [-0.25, -0.2) is 0 Å². The Kier molecular flexibility index (Phi) is 12.4. The van der Waals surface area contributed by atoms with Gasteiger partial charge in [-0.05, 0) is 56.1 Å². The van der Waals surface area contributed by atoms with Crippen LogP contribution in [-0.2, 0) is 30.4 Å². The number of hydrogen-bond donors (Lipinski definition) is 5. The molecule has 2 aromatic rings. The van der Waals surface area contributed by atoms with Gasteiger partial charge in [0.25, 0.3) is 0 Å². The quantitative estimate of drug-likeness (QED) is 0.225. The highest BCUT2D eigenvalue weighted by Gasteiger charge is 2.41. The standard InChI is InChI=1S/C34H49N5O8/c1-5-20(3)29-34(46)38-17-10-9-15-26(38)33(45)35-23(13-11-16-28(41)30(42)27(40)6-2)31(43)36-24(32(44)37-29)18-21-19-39(47-4)25-14-8-7-12-22(21)25/h7-8,12,14,19-20,23-24,26-27,29-30,40,42H,5-6,9-11,13,15-18H2,1-4H3,(H,35,45)(H,36,43)(H,37,44)/t20?,23-,24-,26?,27?,29-,30?/m0/s1. The van der Waals surface area contributed by atoms with Crippen molar-refractivity contribution in [3.8, 4) is 0 Å². The van der Waals surface area contributed by atoms with Crippen LogP contribution < -0.4 is 20.8 Å². The van der Waals surface area contributed by atoms with Crippen molar-refractivity contribution in [3.05, 3.63) is 36.0 Å². The number of benzene rings is 1. The number of nitrogens with zero attached hydrogens (tertiary/aromatic N) is 2. The van der Waals surface area contributed by atoms with Gasteiger partial charge in [0.1, 0.15) is 37.4 Å². The summed E-state index contributed by atoms with van der Waals surface area (Å²) in [6, 6.07) is 3.54. The number of hydrogen-bond acceptors (Lipinski definition) is 8. The summed E-state index contributed by atoms with van der Waals surface area (Å²) in [4.78, 5) is 75.3. The Bertz CT molecular complexity index is 1440. The Hall–Kier alpha value is -3.97. The molecule has 1 aromatic carbocycles. The second kappa shape index (κ2) is 16.2. The number of nitrogens with one attached hydrogen (secondary N) is 3. The molecule has 0 radical (unpaired) electrons. The van der Waals surface area contributed by atoms with E-state index in [0.29, 0.717) is 25.8 Å². The number of piperidine rings is 1. The van der Waals surface area contributed by atoms with Crippen LogP contribution in [-0.4, -0.2) is 99.3 Å². The van der Waals surface area contributed by atoms with Gasteiger partial charge in [-0.1, -0.05) is 45.4 Å². The third-order valence-electron chi connectivity index (χ3n) is 9.54. The maximum Gasteiger partial charge on any atom is 0.246 e. The zero-order valence-electron chi connectivity index (χ0n) is 27.7. The van der Waals surface area contributed by atoms with Crippen LogP contribution in [0.4, 0.5) is 0 Å². The molecule has 0 aliphatic carbocycles. The van der Waals surface area contributed by atoms with E-state index in [2.05, 4.69) is 16.0 Å². The first-order chi connectivity index (χ1) is 22.5. The molecular weight excluding hydrogens is 606 g/mol. The van der Waals surface area contributed by atoms with Gasteiger partial charge in [0.2, 0.25) is 23.6 Å². The van der Waals surface area contributed by atoms with Crippen LogP contribution in [0.15, 0.2) is 30.5 Å². The number of ketones is 1. The monoisotopic (exact) mass is 655 g/mol. The van der Waals surface area contributed by atoms with E-state index in [0.717, 1.165) is 22.9 Å². The number of carbonyl (C=O) groups excluding carboxylic acids is 5. The second-order valence-corrected chi connectivity index (χ2v) is 12.7. The molecule has 258 valence electrons. The number of rotatable bonds is 12. The first-order valence-corrected chi connectivity index (χ1v) is 16.7. The van der Waals surface area contributed by atoms with Crippen molar-refractivity contribution in [2.75, 3.05) is 13.7 Å². The topological polar surface area (TPSA) is 179 Å². The van der Waals surface area contributed by atoms with E-state index < -0.39 is 59.9 Å². The first-order valence-electron chi connectivity index (χ1n) is 16.7. The van der Waals surface area contributed by atoms with Crippen molar-refractivity contribution in [1.82, 2.24) is 25.6 Å². The third-order valence-corrected chi connectivity index (χ3v) is 9.54. The van der Waals surface area contributed by atoms with Crippen LogP contribution in [0.3, 0.4) is 0 Å². The van der Waals surface area contributed by atoms with E-state index in [1.807, 2.05) is 38.1 Å². The van der Waals surface area contributed by atoms with E-state index in [1.54, 1.807) is 17.9 Å². The van der Waals surface area contributed by atoms with Crippen LogP contribution in [0.2, 0.25) is 0 Å². The van der Waals surface area contributed by atoms with Gasteiger partial charge in [-0.3, -0.25) is 24.0 Å². The lowest BCUT2D eigenvalue weighted by Gasteiger charge is -2.39. The third kappa shape index (κ3) is 8.31. The summed E-state index contributed by atoms with van der Waals surface area (Å²) >= 11 is 0. The molecule has 5 N–H and O–H groups in total. The molecule has 0 spiro atoms. The largest absolute Gasteiger partial charge is 0.417 e. The fourth-order valence-electron chi connectivity index (χ4n) is 6.42. The summed E-state index contributed by atoms with van der Waals surface area (Å²) in [6.45, 7) is 5.80. The highest BCUT2D eigenvalue weighted by Crippen LogP contribution is 2.24. The predicted octanol–water partition coefficient (Wildman–Crippen LogP) is 1.01. The molecule has 47 heavy (non-hydrogen) atoms. The minimum atomic E-state index is -1.54. The molecule has 13 heteroatoms. The van der Waals surface area contributed by atoms with Crippen LogP contribution >= 0.6 is 0 Å². The fourth-order valence-corrected chi connectivity index (χ4v) is 6.42. The van der Waals surface area contributed by atoms with Gasteiger partial charge in [0.15, 0.2) is 5.78 Å². The Morgan fingerprint density at radius 2 is 1.68 bits per heavy atom. The Labute approximate surface area is 275 Å². The van der Waals surface area contributed by atoms with Crippen molar-refractivity contribution >= 4 is 40.3 Å². The lowest BCUT2D eigenvalue weighted by Crippen LogP contribution is -2.64. The molecule has 4 amide bonds. The maximum absolute atomic E-state index is 14.1. The van der Waals surface area contributed by atoms with Gasteiger partial charge in [-0.15, -0.1) is 0 Å². The Balaban J connectivity index is 1.68. The molecule has 2 aliphatic rings. The SMILES string of the molecule is CCC(O)C(O)C(=O)CCC[C@@H]1NC(=O)C2CCCCN2C(=O)[C@H](C(C)CC)NC(=O)[C@H](Cc2cn(OC)c3ccccc23)NC1=O. The lowest BCUT2D eigenvalue weighted by atomic mass is 9.93. The smallest absolute Gasteiger partial charge is 0.246 e. The summed E-state index contributed by atoms with van der Waals surface area (Å²) in [5, 5.41) is 29.4. The molecule has 0 bridgehead atoms. The van der Waals surface area contributed by atoms with E-state index in [9.17, 15) is 34.2 Å². The van der Waals surface area contributed by atoms with Gasteiger partial charge >= 0.3 is 0 Å². The number of fused-ring (bicyclic) bond motifs is 2. The minimum Gasteiger partial charge on any atom is -0.417 e. The molecule has 2 saturated heterocycles. The molecule has 13 nitrogen and oxygen atoms in total. The van der Waals surface area contributed by atoms with Crippen molar-refractivity contribution < 1.29 is 39.0 Å². The van der Waals surface area contributed by atoms with E-state index in [1.165, 1.54) is 12.0 Å². The summed E-state index contributed by atoms with van der Waals surface area (Å²) in [6.07, 6.45) is 1.79. The molecule has 2 aliphatic heterocycles. The average Bonchev–Trinajstić information content (AvgIpc) is 3.44. The van der Waals surface area contributed by atoms with Crippen molar-refractivity contribution in [1.29, 1.82) is 0 Å². The number of aliphatic hydroxyl groups is 2. The van der Waals surface area contributed by atoms with Crippen molar-refractivity contribution in [2.45, 2.75) is 115 Å². The van der Waals surface area contributed by atoms with E-state index >= 15 is 0 Å². The highest BCUT2D eigenvalue weighted by atomic mass is 16.6. The number of aromatic nitrogens is 1. The molecule has 2 fully saturated rings. The maximum atomic E-state index is 14.1.